The molecule has 1 aliphatic rings. The normalized spacial score (nSPS) is 16.5. The van der Waals surface area contributed by atoms with Crippen LogP contribution in [-0.4, -0.2) is 24.1 Å². The van der Waals surface area contributed by atoms with Crippen LogP contribution >= 0.6 is 0 Å². The van der Waals surface area contributed by atoms with Crippen molar-refractivity contribution in [1.29, 1.82) is 0 Å². The summed E-state index contributed by atoms with van der Waals surface area (Å²) in [5, 5.41) is 0. The fourth-order valence-corrected chi connectivity index (χ4v) is 5.07. The molecule has 2 rings (SSSR count). The van der Waals surface area contributed by atoms with Gasteiger partial charge in [0.15, 0.2) is 6.61 Å². The van der Waals surface area contributed by atoms with Crippen LogP contribution in [0, 0.1) is 23.7 Å². The van der Waals surface area contributed by atoms with E-state index in [-0.39, 0.29) is 17.4 Å². The van der Waals surface area contributed by atoms with E-state index in [1.54, 1.807) is 0 Å². The zero-order chi connectivity index (χ0) is 25.0. The van der Waals surface area contributed by atoms with Crippen LogP contribution in [0.15, 0.2) is 18.2 Å². The van der Waals surface area contributed by atoms with Gasteiger partial charge in [-0.3, -0.25) is 0 Å². The summed E-state index contributed by atoms with van der Waals surface area (Å²) in [6.45, 7) is 19.2. The SMILES string of the molecule is CCC(C)(C)C(CC(C)(C)C)c1ccc(C(=O)OCC(=O)OC(C)(C)C2CCCC2)c(C)c1. The maximum Gasteiger partial charge on any atom is 0.344 e. The third-order valence-corrected chi connectivity index (χ3v) is 7.58. The smallest absolute Gasteiger partial charge is 0.344 e. The maximum atomic E-state index is 12.7. The lowest BCUT2D eigenvalue weighted by Gasteiger charge is -2.38. The summed E-state index contributed by atoms with van der Waals surface area (Å²) in [5.74, 6) is -0.194. The molecule has 4 heteroatoms. The van der Waals surface area contributed by atoms with E-state index in [9.17, 15) is 9.59 Å². The van der Waals surface area contributed by atoms with Crippen molar-refractivity contribution in [3.05, 3.63) is 34.9 Å². The molecule has 33 heavy (non-hydrogen) atoms. The van der Waals surface area contributed by atoms with Gasteiger partial charge in [-0.15, -0.1) is 0 Å². The average molecular weight is 459 g/mol. The van der Waals surface area contributed by atoms with Gasteiger partial charge >= 0.3 is 11.9 Å². The van der Waals surface area contributed by atoms with Gasteiger partial charge in [0, 0.05) is 0 Å². The molecule has 0 bridgehead atoms. The summed E-state index contributed by atoms with van der Waals surface area (Å²) in [6.07, 6.45) is 6.67. The Morgan fingerprint density at radius 3 is 2.15 bits per heavy atom. The van der Waals surface area contributed by atoms with Gasteiger partial charge in [0.25, 0.3) is 0 Å². The van der Waals surface area contributed by atoms with Crippen molar-refractivity contribution in [2.75, 3.05) is 6.61 Å². The zero-order valence-corrected chi connectivity index (χ0v) is 22.5. The highest BCUT2D eigenvalue weighted by Gasteiger charge is 2.36. The molecule has 4 nitrogen and oxygen atoms in total. The molecular weight excluding hydrogens is 412 g/mol. The first-order chi connectivity index (χ1) is 15.2. The van der Waals surface area contributed by atoms with Gasteiger partial charge in [-0.2, -0.15) is 0 Å². The molecule has 0 aromatic heterocycles. The van der Waals surface area contributed by atoms with Gasteiger partial charge < -0.3 is 9.47 Å². The van der Waals surface area contributed by atoms with E-state index in [0.29, 0.717) is 17.4 Å². The second-order valence-corrected chi connectivity index (χ2v) is 12.4. The Morgan fingerprint density at radius 2 is 1.64 bits per heavy atom. The minimum absolute atomic E-state index is 0.150. The molecule has 1 aromatic rings. The fourth-order valence-electron chi connectivity index (χ4n) is 5.07. The van der Waals surface area contributed by atoms with E-state index in [0.717, 1.165) is 31.2 Å². The van der Waals surface area contributed by atoms with E-state index in [1.807, 2.05) is 26.8 Å². The summed E-state index contributed by atoms with van der Waals surface area (Å²) >= 11 is 0. The third-order valence-electron chi connectivity index (χ3n) is 7.58. The number of esters is 2. The van der Waals surface area contributed by atoms with E-state index in [4.69, 9.17) is 9.47 Å². The molecule has 0 radical (unpaired) electrons. The summed E-state index contributed by atoms with van der Waals surface area (Å²) in [5.41, 5.74) is 2.47. The van der Waals surface area contributed by atoms with Crippen LogP contribution in [0.5, 0.6) is 0 Å². The molecule has 186 valence electrons. The molecule has 0 saturated heterocycles. The summed E-state index contributed by atoms with van der Waals surface area (Å²) < 4.78 is 11.0. The lowest BCUT2D eigenvalue weighted by Crippen LogP contribution is -2.36. The molecule has 1 saturated carbocycles. The molecule has 0 spiro atoms. The van der Waals surface area contributed by atoms with E-state index in [1.165, 1.54) is 18.4 Å². The number of benzene rings is 1. The van der Waals surface area contributed by atoms with Crippen molar-refractivity contribution in [3.63, 3.8) is 0 Å². The van der Waals surface area contributed by atoms with Crippen LogP contribution in [0.25, 0.3) is 0 Å². The average Bonchev–Trinajstić information content (AvgIpc) is 3.25. The summed E-state index contributed by atoms with van der Waals surface area (Å²) in [4.78, 5) is 25.1. The highest BCUT2D eigenvalue weighted by Crippen LogP contribution is 2.45. The van der Waals surface area contributed by atoms with Crippen LogP contribution in [0.3, 0.4) is 0 Å². The number of aryl methyl sites for hydroxylation is 1. The Bertz CT molecular complexity index is 823. The van der Waals surface area contributed by atoms with Gasteiger partial charge in [0.1, 0.15) is 5.60 Å². The predicted molar refractivity (Wildman–Crippen MR) is 134 cm³/mol. The number of hydrogen-bond acceptors (Lipinski definition) is 4. The minimum Gasteiger partial charge on any atom is -0.457 e. The molecule has 1 fully saturated rings. The molecule has 0 aliphatic heterocycles. The van der Waals surface area contributed by atoms with Crippen molar-refractivity contribution in [3.8, 4) is 0 Å². The van der Waals surface area contributed by atoms with Crippen molar-refractivity contribution < 1.29 is 19.1 Å². The Balaban J connectivity index is 2.07. The van der Waals surface area contributed by atoms with Crippen molar-refractivity contribution in [1.82, 2.24) is 0 Å². The quantitative estimate of drug-likeness (QED) is 0.357. The van der Waals surface area contributed by atoms with Gasteiger partial charge in [-0.25, -0.2) is 9.59 Å². The molecule has 1 aliphatic carbocycles. The van der Waals surface area contributed by atoms with Crippen molar-refractivity contribution in [2.45, 2.75) is 112 Å². The molecule has 1 atom stereocenters. The first kappa shape index (κ1) is 27.4. The molecule has 1 unspecified atom stereocenters. The Kier molecular flexibility index (Phi) is 8.81. The Morgan fingerprint density at radius 1 is 1.03 bits per heavy atom. The number of ether oxygens (including phenoxy) is 2. The standard InChI is InChI=1S/C29H46O4/c1-10-28(6,7)24(18-27(3,4)5)21-15-16-23(20(2)17-21)26(31)32-19-25(30)33-29(8,9)22-13-11-12-14-22/h15-17,22,24H,10-14,18-19H2,1-9H3. The largest absolute Gasteiger partial charge is 0.457 e. The predicted octanol–water partition coefficient (Wildman–Crippen LogP) is 7.62. The van der Waals surface area contributed by atoms with E-state index < -0.39 is 17.5 Å². The zero-order valence-electron chi connectivity index (χ0n) is 22.5. The van der Waals surface area contributed by atoms with Crippen LogP contribution < -0.4 is 0 Å². The summed E-state index contributed by atoms with van der Waals surface area (Å²) in [6, 6.07) is 6.02. The highest BCUT2D eigenvalue weighted by atomic mass is 16.6. The number of carbonyl (C=O) groups excluding carboxylic acids is 2. The van der Waals surface area contributed by atoms with E-state index >= 15 is 0 Å². The van der Waals surface area contributed by atoms with Crippen LogP contribution in [0.4, 0.5) is 0 Å². The van der Waals surface area contributed by atoms with Gasteiger partial charge in [-0.05, 0) is 79.9 Å². The second-order valence-electron chi connectivity index (χ2n) is 12.4. The van der Waals surface area contributed by atoms with Gasteiger partial charge in [0.05, 0.1) is 5.56 Å². The maximum absolute atomic E-state index is 12.7. The molecule has 0 heterocycles. The lowest BCUT2D eigenvalue weighted by molar-refractivity contribution is -0.165. The monoisotopic (exact) mass is 458 g/mol. The number of rotatable bonds is 9. The third kappa shape index (κ3) is 7.58. The molecule has 1 aromatic carbocycles. The first-order valence-corrected chi connectivity index (χ1v) is 12.7. The molecule has 0 amide bonds. The van der Waals surface area contributed by atoms with E-state index in [2.05, 4.69) is 53.7 Å². The van der Waals surface area contributed by atoms with Crippen LogP contribution in [0.1, 0.15) is 121 Å². The van der Waals surface area contributed by atoms with Gasteiger partial charge in [0.2, 0.25) is 0 Å². The number of carbonyl (C=O) groups is 2. The Labute approximate surface area is 201 Å². The molecule has 0 N–H and O–H groups in total. The first-order valence-electron chi connectivity index (χ1n) is 12.7. The Hall–Kier alpha value is -1.84. The van der Waals surface area contributed by atoms with Crippen molar-refractivity contribution >= 4 is 11.9 Å². The fraction of sp³-hybridized carbons (Fsp3) is 0.724. The summed E-state index contributed by atoms with van der Waals surface area (Å²) in [7, 11) is 0. The highest BCUT2D eigenvalue weighted by molar-refractivity contribution is 5.92. The second kappa shape index (κ2) is 10.6. The molecular formula is C29H46O4. The van der Waals surface area contributed by atoms with Gasteiger partial charge in [-0.1, -0.05) is 72.9 Å². The number of hydrogen-bond donors (Lipinski definition) is 0. The van der Waals surface area contributed by atoms with Crippen molar-refractivity contribution in [2.24, 2.45) is 16.7 Å². The lowest BCUT2D eigenvalue weighted by atomic mass is 9.67. The topological polar surface area (TPSA) is 52.6 Å². The van der Waals surface area contributed by atoms with Crippen LogP contribution in [0.2, 0.25) is 0 Å². The minimum atomic E-state index is -0.522. The van der Waals surface area contributed by atoms with Crippen LogP contribution in [-0.2, 0) is 14.3 Å².